The molecule has 0 bridgehead atoms. The van der Waals surface area contributed by atoms with E-state index in [9.17, 15) is 4.79 Å². The molecular weight excluding hydrogens is 364 g/mol. The van der Waals surface area contributed by atoms with Crippen LogP contribution in [0.1, 0.15) is 42.4 Å². The first-order chi connectivity index (χ1) is 14.2. The second kappa shape index (κ2) is 6.66. The Kier molecular flexibility index (Phi) is 4.05. The van der Waals surface area contributed by atoms with Gasteiger partial charge in [-0.3, -0.25) is 9.69 Å². The van der Waals surface area contributed by atoms with E-state index in [0.29, 0.717) is 6.67 Å². The molecule has 2 fully saturated rings. The second-order valence-corrected chi connectivity index (χ2v) is 8.82. The molecule has 4 atom stereocenters. The molecule has 0 radical (unpaired) electrons. The summed E-state index contributed by atoms with van der Waals surface area (Å²) in [5.41, 5.74) is 4.66. The summed E-state index contributed by atoms with van der Waals surface area (Å²) in [4.78, 5) is 17.0. The fourth-order valence-corrected chi connectivity index (χ4v) is 5.56. The largest absolute Gasteiger partial charge is 0.332 e. The highest BCUT2D eigenvalue weighted by Gasteiger charge is 2.61. The van der Waals surface area contributed by atoms with Crippen LogP contribution in [0.15, 0.2) is 48.5 Å². The standard InChI is InChI=1S/C24H26N2O3/c27-23-24(28-21-11-5-6-12-22(21)29-24)19-9-3-4-10-20(19)26(23)16-25-14-13-17-7-1-2-8-18(17)15-25/h1-4,7-10,21-22H,5-6,11-16H2/p+1/t21-,22+,24?. The molecule has 1 aliphatic carbocycles. The number of hydrogen-bond donors (Lipinski definition) is 1. The van der Waals surface area contributed by atoms with Gasteiger partial charge in [-0.1, -0.05) is 55.3 Å². The maximum atomic E-state index is 13.7. The van der Waals surface area contributed by atoms with Gasteiger partial charge in [0.1, 0.15) is 6.54 Å². The first-order valence-electron chi connectivity index (χ1n) is 10.9. The Morgan fingerprint density at radius 2 is 1.66 bits per heavy atom. The van der Waals surface area contributed by atoms with Crippen molar-refractivity contribution in [3.63, 3.8) is 0 Å². The zero-order valence-corrected chi connectivity index (χ0v) is 16.6. The number of hydrogen-bond acceptors (Lipinski definition) is 3. The Balaban J connectivity index is 1.30. The monoisotopic (exact) mass is 391 g/mol. The van der Waals surface area contributed by atoms with Crippen molar-refractivity contribution in [1.82, 2.24) is 0 Å². The van der Waals surface area contributed by atoms with E-state index in [1.54, 1.807) is 0 Å². The Morgan fingerprint density at radius 3 is 2.45 bits per heavy atom. The minimum Gasteiger partial charge on any atom is -0.332 e. The van der Waals surface area contributed by atoms with Crippen molar-refractivity contribution >= 4 is 11.6 Å². The van der Waals surface area contributed by atoms with Crippen molar-refractivity contribution in [2.75, 3.05) is 18.1 Å². The second-order valence-electron chi connectivity index (χ2n) is 8.82. The molecule has 5 nitrogen and oxygen atoms in total. The SMILES string of the molecule is O=C1N(C[NH+]2CCc3ccccc3C2)c2ccccc2C12O[C@H]1CCCC[C@H]1O2. The number of nitrogens with one attached hydrogen (secondary N) is 1. The lowest BCUT2D eigenvalue weighted by Gasteiger charge is -2.30. The van der Waals surface area contributed by atoms with Crippen molar-refractivity contribution in [3.8, 4) is 0 Å². The molecule has 150 valence electrons. The fourth-order valence-electron chi connectivity index (χ4n) is 5.56. The minimum atomic E-state index is -1.23. The van der Waals surface area contributed by atoms with Crippen LogP contribution in [0.2, 0.25) is 0 Å². The zero-order valence-electron chi connectivity index (χ0n) is 16.6. The molecule has 3 aliphatic heterocycles. The van der Waals surface area contributed by atoms with Crippen molar-refractivity contribution in [1.29, 1.82) is 0 Å². The summed E-state index contributed by atoms with van der Waals surface area (Å²) >= 11 is 0. The van der Waals surface area contributed by atoms with E-state index < -0.39 is 5.79 Å². The number of benzene rings is 2. The third kappa shape index (κ3) is 2.68. The summed E-state index contributed by atoms with van der Waals surface area (Å²) in [5, 5.41) is 0. The van der Waals surface area contributed by atoms with E-state index in [1.165, 1.54) is 16.0 Å². The number of nitrogens with zero attached hydrogens (tertiary/aromatic N) is 1. The molecular formula is C24H27N2O3+. The molecule has 1 amide bonds. The van der Waals surface area contributed by atoms with Gasteiger partial charge in [0.05, 0.1) is 24.4 Å². The molecule has 2 unspecified atom stereocenters. The molecule has 3 heterocycles. The average Bonchev–Trinajstić information content (AvgIpc) is 3.26. The van der Waals surface area contributed by atoms with Crippen molar-refractivity contribution in [2.45, 2.75) is 56.6 Å². The lowest BCUT2D eigenvalue weighted by molar-refractivity contribution is -0.914. The lowest BCUT2D eigenvalue weighted by Crippen LogP contribution is -3.13. The Morgan fingerprint density at radius 1 is 0.966 bits per heavy atom. The number of carbonyl (C=O) groups is 1. The summed E-state index contributed by atoms with van der Waals surface area (Å²) in [6.45, 7) is 2.62. The van der Waals surface area contributed by atoms with Gasteiger partial charge in [-0.05, 0) is 24.5 Å². The molecule has 4 aliphatic rings. The van der Waals surface area contributed by atoms with E-state index >= 15 is 0 Å². The number of para-hydroxylation sites is 1. The number of rotatable bonds is 2. The number of quaternary nitrogens is 1. The maximum absolute atomic E-state index is 13.7. The lowest BCUT2D eigenvalue weighted by atomic mass is 9.95. The van der Waals surface area contributed by atoms with Crippen molar-refractivity contribution < 1.29 is 19.2 Å². The van der Waals surface area contributed by atoms with E-state index in [1.807, 2.05) is 29.2 Å². The Hall–Kier alpha value is -2.21. The third-order valence-electron chi connectivity index (χ3n) is 7.04. The maximum Gasteiger partial charge on any atom is 0.296 e. The molecule has 1 N–H and O–H groups in total. The number of ether oxygens (including phenoxy) is 2. The quantitative estimate of drug-likeness (QED) is 0.853. The predicted octanol–water partition coefficient (Wildman–Crippen LogP) is 2.14. The van der Waals surface area contributed by atoms with Crippen LogP contribution in [0, 0.1) is 0 Å². The van der Waals surface area contributed by atoms with Gasteiger partial charge in [0.15, 0.2) is 6.67 Å². The molecule has 2 aromatic rings. The molecule has 5 heteroatoms. The van der Waals surface area contributed by atoms with Crippen LogP contribution in [-0.4, -0.2) is 31.3 Å². The van der Waals surface area contributed by atoms with Gasteiger partial charge < -0.3 is 14.4 Å². The molecule has 0 aromatic heterocycles. The molecule has 2 aromatic carbocycles. The summed E-state index contributed by atoms with van der Waals surface area (Å²) in [6, 6.07) is 16.7. The van der Waals surface area contributed by atoms with Gasteiger partial charge in [-0.25, -0.2) is 0 Å². The van der Waals surface area contributed by atoms with Crippen molar-refractivity contribution in [3.05, 3.63) is 65.2 Å². The molecule has 29 heavy (non-hydrogen) atoms. The number of carbonyl (C=O) groups excluding carboxylic acids is 1. The van der Waals surface area contributed by atoms with E-state index in [2.05, 4.69) is 24.3 Å². The van der Waals surface area contributed by atoms with Gasteiger partial charge in [-0.2, -0.15) is 0 Å². The van der Waals surface area contributed by atoms with Gasteiger partial charge in [-0.15, -0.1) is 0 Å². The van der Waals surface area contributed by atoms with Gasteiger partial charge in [0, 0.05) is 17.5 Å². The highest BCUT2D eigenvalue weighted by Crippen LogP contribution is 2.50. The van der Waals surface area contributed by atoms with Crippen LogP contribution >= 0.6 is 0 Å². The van der Waals surface area contributed by atoms with Crippen LogP contribution in [0.3, 0.4) is 0 Å². The van der Waals surface area contributed by atoms with Crippen LogP contribution in [-0.2, 0) is 33.0 Å². The summed E-state index contributed by atoms with van der Waals surface area (Å²) in [5.74, 6) is -1.27. The van der Waals surface area contributed by atoms with Crippen LogP contribution in [0.4, 0.5) is 5.69 Å². The van der Waals surface area contributed by atoms with Crippen LogP contribution < -0.4 is 9.80 Å². The molecule has 1 spiro atoms. The van der Waals surface area contributed by atoms with E-state index in [4.69, 9.17) is 9.47 Å². The van der Waals surface area contributed by atoms with E-state index in [0.717, 1.165) is 56.4 Å². The van der Waals surface area contributed by atoms with E-state index in [-0.39, 0.29) is 18.1 Å². The van der Waals surface area contributed by atoms with Crippen molar-refractivity contribution in [2.24, 2.45) is 0 Å². The summed E-state index contributed by atoms with van der Waals surface area (Å²) < 4.78 is 12.8. The van der Waals surface area contributed by atoms with Gasteiger partial charge in [0.2, 0.25) is 0 Å². The van der Waals surface area contributed by atoms with Gasteiger partial charge >= 0.3 is 0 Å². The minimum absolute atomic E-state index is 0.0370. The number of anilines is 1. The average molecular weight is 391 g/mol. The summed E-state index contributed by atoms with van der Waals surface area (Å²) in [7, 11) is 0. The topological polar surface area (TPSA) is 43.2 Å². The van der Waals surface area contributed by atoms with Crippen LogP contribution in [0.5, 0.6) is 0 Å². The van der Waals surface area contributed by atoms with Crippen LogP contribution in [0.25, 0.3) is 0 Å². The molecule has 1 saturated carbocycles. The van der Waals surface area contributed by atoms with Gasteiger partial charge in [0.25, 0.3) is 11.7 Å². The predicted molar refractivity (Wildman–Crippen MR) is 108 cm³/mol. The Bertz CT molecular complexity index is 945. The smallest absolute Gasteiger partial charge is 0.296 e. The molecule has 6 rings (SSSR count). The normalized spacial score (nSPS) is 32.9. The molecule has 1 saturated heterocycles. The first kappa shape index (κ1) is 17.6. The fraction of sp³-hybridized carbons (Fsp3) is 0.458. The zero-order chi connectivity index (χ0) is 19.4. The summed E-state index contributed by atoms with van der Waals surface area (Å²) in [6.07, 6.45) is 5.39. The highest BCUT2D eigenvalue weighted by atomic mass is 16.8. The number of amides is 1. The Labute approximate surface area is 171 Å². The number of fused-ring (bicyclic) bond motifs is 4. The third-order valence-corrected chi connectivity index (χ3v) is 7.04. The highest BCUT2D eigenvalue weighted by molar-refractivity contribution is 6.06. The first-order valence-corrected chi connectivity index (χ1v) is 10.9.